The fourth-order valence-electron chi connectivity index (χ4n) is 4.90. The molecule has 2 fully saturated rings. The molecule has 3 amide bonds. The van der Waals surface area contributed by atoms with Gasteiger partial charge in [0.1, 0.15) is 11.2 Å². The zero-order valence-corrected chi connectivity index (χ0v) is 18.9. The molecule has 31 heavy (non-hydrogen) atoms. The maximum Gasteiger partial charge on any atom is 0.274 e. The highest BCUT2D eigenvalue weighted by Crippen LogP contribution is 2.27. The van der Waals surface area contributed by atoms with Gasteiger partial charge in [-0.05, 0) is 32.7 Å². The molecular formula is C22H34N6O3. The molecule has 0 radical (unpaired) electrons. The number of carbonyl (C=O) groups is 3. The van der Waals surface area contributed by atoms with Gasteiger partial charge in [0, 0.05) is 45.3 Å². The van der Waals surface area contributed by atoms with Crippen LogP contribution in [0.1, 0.15) is 66.9 Å². The van der Waals surface area contributed by atoms with Crippen LogP contribution in [-0.4, -0.2) is 93.6 Å². The summed E-state index contributed by atoms with van der Waals surface area (Å²) >= 11 is 0. The zero-order valence-electron chi connectivity index (χ0n) is 18.9. The Morgan fingerprint density at radius 2 is 1.87 bits per heavy atom. The van der Waals surface area contributed by atoms with Crippen molar-refractivity contribution in [3.63, 3.8) is 0 Å². The minimum atomic E-state index is -1.04. The van der Waals surface area contributed by atoms with Gasteiger partial charge in [0.15, 0.2) is 5.69 Å². The molecule has 9 heteroatoms. The molecule has 2 aliphatic heterocycles. The maximum atomic E-state index is 13.1. The second kappa shape index (κ2) is 8.61. The van der Waals surface area contributed by atoms with Crippen molar-refractivity contribution in [3.8, 4) is 0 Å². The van der Waals surface area contributed by atoms with Gasteiger partial charge in [-0.1, -0.05) is 19.8 Å². The molecule has 1 aromatic heterocycles. The van der Waals surface area contributed by atoms with Crippen LogP contribution >= 0.6 is 0 Å². The highest BCUT2D eigenvalue weighted by atomic mass is 16.2. The molecule has 3 aliphatic rings. The van der Waals surface area contributed by atoms with Gasteiger partial charge in [-0.15, -0.1) is 0 Å². The molecule has 4 rings (SSSR count). The highest BCUT2D eigenvalue weighted by Gasteiger charge is 2.47. The van der Waals surface area contributed by atoms with Crippen LogP contribution in [0, 0.1) is 0 Å². The van der Waals surface area contributed by atoms with Crippen molar-refractivity contribution >= 4 is 17.7 Å². The molecule has 1 aromatic rings. The summed E-state index contributed by atoms with van der Waals surface area (Å²) < 4.78 is 1.54. The summed E-state index contributed by atoms with van der Waals surface area (Å²) in [5, 5.41) is 7.57. The molecule has 1 saturated carbocycles. The molecule has 0 bridgehead atoms. The first kappa shape index (κ1) is 21.8. The second-order valence-electron chi connectivity index (χ2n) is 9.30. The third-order valence-electron chi connectivity index (χ3n) is 7.10. The maximum absolute atomic E-state index is 13.1. The lowest BCUT2D eigenvalue weighted by molar-refractivity contribution is -0.133. The van der Waals surface area contributed by atoms with Crippen molar-refractivity contribution in [1.29, 1.82) is 0 Å². The van der Waals surface area contributed by atoms with E-state index in [0.717, 1.165) is 51.7 Å². The Hall–Kier alpha value is -2.42. The van der Waals surface area contributed by atoms with Crippen LogP contribution in [0.25, 0.3) is 0 Å². The van der Waals surface area contributed by atoms with Gasteiger partial charge in [-0.2, -0.15) is 5.10 Å². The predicted molar refractivity (Wildman–Crippen MR) is 116 cm³/mol. The van der Waals surface area contributed by atoms with Crippen LogP contribution in [0.3, 0.4) is 0 Å². The van der Waals surface area contributed by atoms with E-state index in [2.05, 4.69) is 22.2 Å². The first-order valence-corrected chi connectivity index (χ1v) is 11.5. The van der Waals surface area contributed by atoms with Gasteiger partial charge in [-0.3, -0.25) is 24.0 Å². The number of aromatic nitrogens is 2. The number of likely N-dealkylation sites (N-methyl/N-ethyl adjacent to an activating group) is 1. The predicted octanol–water partition coefficient (Wildman–Crippen LogP) is 0.954. The molecular weight excluding hydrogens is 396 g/mol. The number of carbonyl (C=O) groups excluding carboxylic acids is 3. The summed E-state index contributed by atoms with van der Waals surface area (Å²) in [6.45, 7) is 8.25. The molecule has 9 nitrogen and oxygen atoms in total. The molecule has 1 atom stereocenters. The fraction of sp³-hybridized carbons (Fsp3) is 0.727. The third kappa shape index (κ3) is 4.07. The summed E-state index contributed by atoms with van der Waals surface area (Å²) in [4.78, 5) is 44.8. The van der Waals surface area contributed by atoms with E-state index in [-0.39, 0.29) is 36.0 Å². The second-order valence-corrected chi connectivity index (χ2v) is 9.30. The SMILES string of the molecule is CCCN1CCN(C(=O)c2cc3n(n2)C[C@](C)(C(=O)NC2CCCC2)N(C)C3=O)CC1. The Labute approximate surface area is 183 Å². The Balaban J connectivity index is 1.49. The number of hydrogen-bond donors (Lipinski definition) is 1. The van der Waals surface area contributed by atoms with E-state index in [9.17, 15) is 14.4 Å². The van der Waals surface area contributed by atoms with Crippen LogP contribution in [0.4, 0.5) is 0 Å². The standard InChI is InChI=1S/C22H34N6O3/c1-4-9-26-10-12-27(13-11-26)19(29)17-14-18-20(30)25(3)22(2,15-28(18)24-17)21(31)23-16-7-5-6-8-16/h14,16H,4-13,15H2,1-3H3,(H,23,31)/t22-/m1/s1. The van der Waals surface area contributed by atoms with Crippen molar-refractivity contribution in [2.75, 3.05) is 39.8 Å². The Bertz CT molecular complexity index is 853. The van der Waals surface area contributed by atoms with Crippen LogP contribution < -0.4 is 5.32 Å². The lowest BCUT2D eigenvalue weighted by atomic mass is 9.95. The number of fused-ring (bicyclic) bond motifs is 1. The van der Waals surface area contributed by atoms with Crippen molar-refractivity contribution in [2.45, 2.75) is 64.1 Å². The van der Waals surface area contributed by atoms with Gasteiger partial charge < -0.3 is 15.1 Å². The smallest absolute Gasteiger partial charge is 0.274 e. The number of amides is 3. The molecule has 1 aliphatic carbocycles. The monoisotopic (exact) mass is 430 g/mol. The minimum absolute atomic E-state index is 0.148. The quantitative estimate of drug-likeness (QED) is 0.751. The van der Waals surface area contributed by atoms with Crippen LogP contribution in [-0.2, 0) is 11.3 Å². The zero-order chi connectivity index (χ0) is 22.2. The lowest BCUT2D eigenvalue weighted by Crippen LogP contribution is -2.63. The molecule has 1 saturated heterocycles. The first-order chi connectivity index (χ1) is 14.8. The Morgan fingerprint density at radius 1 is 1.19 bits per heavy atom. The summed E-state index contributed by atoms with van der Waals surface area (Å²) in [7, 11) is 1.65. The van der Waals surface area contributed by atoms with E-state index in [4.69, 9.17) is 0 Å². The molecule has 1 N–H and O–H groups in total. The Morgan fingerprint density at radius 3 is 2.52 bits per heavy atom. The van der Waals surface area contributed by atoms with E-state index < -0.39 is 5.54 Å². The largest absolute Gasteiger partial charge is 0.351 e. The average molecular weight is 431 g/mol. The number of nitrogens with one attached hydrogen (secondary N) is 1. The summed E-state index contributed by atoms with van der Waals surface area (Å²) in [5.74, 6) is -0.587. The van der Waals surface area contributed by atoms with Gasteiger partial charge in [0.05, 0.1) is 6.54 Å². The highest BCUT2D eigenvalue weighted by molar-refractivity contribution is 6.01. The summed E-state index contributed by atoms with van der Waals surface area (Å²) in [5.41, 5.74) is -0.395. The van der Waals surface area contributed by atoms with Crippen molar-refractivity contribution in [1.82, 2.24) is 29.8 Å². The van der Waals surface area contributed by atoms with E-state index >= 15 is 0 Å². The van der Waals surface area contributed by atoms with Gasteiger partial charge in [0.25, 0.3) is 11.8 Å². The average Bonchev–Trinajstić information content (AvgIpc) is 3.42. The topological polar surface area (TPSA) is 90.8 Å². The third-order valence-corrected chi connectivity index (χ3v) is 7.10. The molecule has 170 valence electrons. The van der Waals surface area contributed by atoms with E-state index in [1.165, 1.54) is 9.58 Å². The van der Waals surface area contributed by atoms with Gasteiger partial charge in [-0.25, -0.2) is 0 Å². The molecule has 0 aromatic carbocycles. The number of rotatable bonds is 5. The number of piperazine rings is 1. The number of nitrogens with zero attached hydrogens (tertiary/aromatic N) is 5. The Kier molecular flexibility index (Phi) is 6.05. The lowest BCUT2D eigenvalue weighted by Gasteiger charge is -2.41. The first-order valence-electron chi connectivity index (χ1n) is 11.5. The van der Waals surface area contributed by atoms with Crippen LogP contribution in [0.5, 0.6) is 0 Å². The van der Waals surface area contributed by atoms with Gasteiger partial charge >= 0.3 is 0 Å². The molecule has 0 unspecified atom stereocenters. The van der Waals surface area contributed by atoms with E-state index in [1.807, 2.05) is 0 Å². The van der Waals surface area contributed by atoms with Gasteiger partial charge in [0.2, 0.25) is 5.91 Å². The molecule has 0 spiro atoms. The summed E-state index contributed by atoms with van der Waals surface area (Å²) in [6, 6.07) is 1.75. The molecule has 3 heterocycles. The van der Waals surface area contributed by atoms with Crippen molar-refractivity contribution in [3.05, 3.63) is 17.5 Å². The fourth-order valence-corrected chi connectivity index (χ4v) is 4.90. The number of hydrogen-bond acceptors (Lipinski definition) is 5. The normalized spacial score (nSPS) is 25.1. The van der Waals surface area contributed by atoms with Crippen LogP contribution in [0.2, 0.25) is 0 Å². The van der Waals surface area contributed by atoms with E-state index in [0.29, 0.717) is 18.8 Å². The van der Waals surface area contributed by atoms with E-state index in [1.54, 1.807) is 24.9 Å². The van der Waals surface area contributed by atoms with Crippen LogP contribution in [0.15, 0.2) is 6.07 Å². The van der Waals surface area contributed by atoms with Crippen molar-refractivity contribution in [2.24, 2.45) is 0 Å². The minimum Gasteiger partial charge on any atom is -0.351 e. The summed E-state index contributed by atoms with van der Waals surface area (Å²) in [6.07, 6.45) is 5.31. The van der Waals surface area contributed by atoms with Crippen molar-refractivity contribution < 1.29 is 14.4 Å².